The van der Waals surface area contributed by atoms with Crippen LogP contribution in [0.2, 0.25) is 0 Å². The molecular formula is C10H12BrN5O2S. The molecule has 0 radical (unpaired) electrons. The summed E-state index contributed by atoms with van der Waals surface area (Å²) in [6, 6.07) is 4.51. The van der Waals surface area contributed by atoms with Crippen molar-refractivity contribution in [2.75, 3.05) is 0 Å². The van der Waals surface area contributed by atoms with Crippen LogP contribution >= 0.6 is 15.9 Å². The van der Waals surface area contributed by atoms with Gasteiger partial charge >= 0.3 is 0 Å². The van der Waals surface area contributed by atoms with Crippen LogP contribution in [0, 0.1) is 6.92 Å². The van der Waals surface area contributed by atoms with Gasteiger partial charge in [-0.25, -0.2) is 13.1 Å². The standard InChI is InChI=1S/C10H12BrN5O2S/c1-6-3-4-8(11)5-9(6)19(17,18)14-7(2)10-12-15-16-13-10/h3-5,7,14H,1-2H3,(H,12,13,15,16). The van der Waals surface area contributed by atoms with E-state index in [1.165, 1.54) is 0 Å². The number of sulfonamides is 1. The molecule has 102 valence electrons. The summed E-state index contributed by atoms with van der Waals surface area (Å²) in [7, 11) is -3.64. The van der Waals surface area contributed by atoms with E-state index in [9.17, 15) is 8.42 Å². The second kappa shape index (κ2) is 5.35. The minimum absolute atomic E-state index is 0.220. The third kappa shape index (κ3) is 3.17. The van der Waals surface area contributed by atoms with Crippen LogP contribution in [0.1, 0.15) is 24.4 Å². The number of nitrogens with one attached hydrogen (secondary N) is 2. The van der Waals surface area contributed by atoms with Crippen molar-refractivity contribution < 1.29 is 8.42 Å². The van der Waals surface area contributed by atoms with Gasteiger partial charge in [0.25, 0.3) is 0 Å². The fourth-order valence-corrected chi connectivity index (χ4v) is 3.55. The van der Waals surface area contributed by atoms with E-state index in [-0.39, 0.29) is 10.7 Å². The first-order chi connectivity index (χ1) is 8.90. The minimum Gasteiger partial charge on any atom is -0.207 e. The summed E-state index contributed by atoms with van der Waals surface area (Å²) < 4.78 is 27.8. The summed E-state index contributed by atoms with van der Waals surface area (Å²) in [5, 5.41) is 13.2. The van der Waals surface area contributed by atoms with Gasteiger partial charge in [0.15, 0.2) is 5.82 Å². The van der Waals surface area contributed by atoms with Gasteiger partial charge in [0.05, 0.1) is 10.9 Å². The zero-order valence-corrected chi connectivity index (χ0v) is 12.7. The topological polar surface area (TPSA) is 101 Å². The Balaban J connectivity index is 2.30. The zero-order chi connectivity index (χ0) is 14.0. The van der Waals surface area contributed by atoms with E-state index < -0.39 is 16.1 Å². The first-order valence-electron chi connectivity index (χ1n) is 5.42. The normalized spacial score (nSPS) is 13.4. The molecule has 0 aliphatic carbocycles. The Morgan fingerprint density at radius 3 is 2.79 bits per heavy atom. The number of tetrazole rings is 1. The van der Waals surface area contributed by atoms with Crippen LogP contribution in [-0.4, -0.2) is 29.0 Å². The molecule has 7 nitrogen and oxygen atoms in total. The molecule has 1 unspecified atom stereocenters. The summed E-state index contributed by atoms with van der Waals surface area (Å²) in [5.74, 6) is 0.288. The molecule has 0 fully saturated rings. The van der Waals surface area contributed by atoms with E-state index in [1.54, 1.807) is 32.0 Å². The van der Waals surface area contributed by atoms with E-state index in [4.69, 9.17) is 0 Å². The van der Waals surface area contributed by atoms with Gasteiger partial charge in [-0.2, -0.15) is 5.21 Å². The maximum atomic E-state index is 12.3. The molecule has 1 aromatic heterocycles. The average molecular weight is 346 g/mol. The highest BCUT2D eigenvalue weighted by atomic mass is 79.9. The fraction of sp³-hybridized carbons (Fsp3) is 0.300. The molecule has 0 saturated carbocycles. The fourth-order valence-electron chi connectivity index (χ4n) is 1.57. The number of hydrogen-bond donors (Lipinski definition) is 2. The molecule has 1 heterocycles. The lowest BCUT2D eigenvalue weighted by Gasteiger charge is -2.12. The molecule has 0 bridgehead atoms. The molecule has 19 heavy (non-hydrogen) atoms. The van der Waals surface area contributed by atoms with Crippen molar-refractivity contribution >= 4 is 26.0 Å². The highest BCUT2D eigenvalue weighted by Crippen LogP contribution is 2.21. The van der Waals surface area contributed by atoms with Crippen molar-refractivity contribution in [1.82, 2.24) is 25.3 Å². The monoisotopic (exact) mass is 345 g/mol. The molecule has 2 N–H and O–H groups in total. The van der Waals surface area contributed by atoms with Gasteiger partial charge in [0.2, 0.25) is 10.0 Å². The zero-order valence-electron chi connectivity index (χ0n) is 10.3. The Kier molecular flexibility index (Phi) is 3.97. The van der Waals surface area contributed by atoms with E-state index in [1.807, 2.05) is 0 Å². The molecule has 0 saturated heterocycles. The summed E-state index contributed by atoms with van der Waals surface area (Å²) in [6.45, 7) is 3.38. The Labute approximate surface area is 119 Å². The summed E-state index contributed by atoms with van der Waals surface area (Å²) >= 11 is 3.26. The van der Waals surface area contributed by atoms with Gasteiger partial charge < -0.3 is 0 Å². The number of aromatic amines is 1. The van der Waals surface area contributed by atoms with Crippen molar-refractivity contribution in [3.05, 3.63) is 34.1 Å². The number of halogens is 1. The van der Waals surface area contributed by atoms with E-state index >= 15 is 0 Å². The van der Waals surface area contributed by atoms with Gasteiger partial charge in [-0.3, -0.25) is 0 Å². The second-order valence-electron chi connectivity index (χ2n) is 4.02. The van der Waals surface area contributed by atoms with Gasteiger partial charge in [-0.15, -0.1) is 10.2 Å². The third-order valence-corrected chi connectivity index (χ3v) is 4.70. The quantitative estimate of drug-likeness (QED) is 0.869. The summed E-state index contributed by atoms with van der Waals surface area (Å²) in [5.41, 5.74) is 0.663. The second-order valence-corrected chi connectivity index (χ2v) is 6.62. The van der Waals surface area contributed by atoms with Crippen molar-refractivity contribution in [1.29, 1.82) is 0 Å². The first-order valence-corrected chi connectivity index (χ1v) is 7.69. The number of rotatable bonds is 4. The maximum Gasteiger partial charge on any atom is 0.241 e. The SMILES string of the molecule is Cc1ccc(Br)cc1S(=O)(=O)NC(C)c1nn[nH]n1. The molecule has 0 spiro atoms. The van der Waals surface area contributed by atoms with E-state index in [0.29, 0.717) is 10.0 Å². The summed E-state index contributed by atoms with van der Waals surface area (Å²) in [6.07, 6.45) is 0. The predicted octanol–water partition coefficient (Wildman–Crippen LogP) is 1.31. The number of benzene rings is 1. The largest absolute Gasteiger partial charge is 0.241 e. The lowest BCUT2D eigenvalue weighted by atomic mass is 10.2. The molecule has 0 amide bonds. The van der Waals surface area contributed by atoms with Crippen LogP contribution in [0.3, 0.4) is 0 Å². The molecular weight excluding hydrogens is 334 g/mol. The summed E-state index contributed by atoms with van der Waals surface area (Å²) in [4.78, 5) is 0.220. The predicted molar refractivity (Wildman–Crippen MR) is 71.8 cm³/mol. The smallest absolute Gasteiger partial charge is 0.207 e. The van der Waals surface area contributed by atoms with E-state index in [2.05, 4.69) is 41.3 Å². The Morgan fingerprint density at radius 1 is 1.42 bits per heavy atom. The number of aryl methyl sites for hydroxylation is 1. The molecule has 2 rings (SSSR count). The Hall–Kier alpha value is -1.32. The van der Waals surface area contributed by atoms with Gasteiger partial charge in [0, 0.05) is 4.47 Å². The van der Waals surface area contributed by atoms with Crippen LogP contribution in [-0.2, 0) is 10.0 Å². The van der Waals surface area contributed by atoms with Crippen molar-refractivity contribution in [3.63, 3.8) is 0 Å². The number of hydrogen-bond acceptors (Lipinski definition) is 5. The molecule has 9 heteroatoms. The molecule has 2 aromatic rings. The molecule has 1 atom stereocenters. The average Bonchev–Trinajstić information content (AvgIpc) is 2.85. The van der Waals surface area contributed by atoms with Gasteiger partial charge in [-0.1, -0.05) is 27.2 Å². The van der Waals surface area contributed by atoms with Gasteiger partial charge in [0.1, 0.15) is 0 Å². The first kappa shape index (κ1) is 14.1. The van der Waals surface area contributed by atoms with Gasteiger partial charge in [-0.05, 0) is 31.5 Å². The number of nitrogens with zero attached hydrogens (tertiary/aromatic N) is 3. The lowest BCUT2D eigenvalue weighted by Crippen LogP contribution is -2.28. The van der Waals surface area contributed by atoms with Crippen molar-refractivity contribution in [2.45, 2.75) is 24.8 Å². The number of aromatic nitrogens is 4. The van der Waals surface area contributed by atoms with Crippen LogP contribution in [0.15, 0.2) is 27.6 Å². The highest BCUT2D eigenvalue weighted by Gasteiger charge is 2.22. The van der Waals surface area contributed by atoms with Crippen molar-refractivity contribution in [3.8, 4) is 0 Å². The lowest BCUT2D eigenvalue weighted by molar-refractivity contribution is 0.559. The maximum absolute atomic E-state index is 12.3. The van der Waals surface area contributed by atoms with E-state index in [0.717, 1.165) is 0 Å². The molecule has 0 aliphatic rings. The van der Waals surface area contributed by atoms with Crippen LogP contribution in [0.25, 0.3) is 0 Å². The number of H-pyrrole nitrogens is 1. The minimum atomic E-state index is -3.64. The molecule has 1 aromatic carbocycles. The third-order valence-electron chi connectivity index (χ3n) is 2.52. The van der Waals surface area contributed by atoms with Crippen LogP contribution in [0.4, 0.5) is 0 Å². The van der Waals surface area contributed by atoms with Crippen LogP contribution < -0.4 is 4.72 Å². The van der Waals surface area contributed by atoms with Crippen LogP contribution in [0.5, 0.6) is 0 Å². The van der Waals surface area contributed by atoms with Crippen molar-refractivity contribution in [2.24, 2.45) is 0 Å². The Morgan fingerprint density at radius 2 is 2.16 bits per heavy atom. The Bertz CT molecular complexity index is 671. The highest BCUT2D eigenvalue weighted by molar-refractivity contribution is 9.10. The molecule has 0 aliphatic heterocycles.